The number of nitrogens with zero attached hydrogens (tertiary/aromatic N) is 1. The van der Waals surface area contributed by atoms with Crippen molar-refractivity contribution in [2.45, 2.75) is 13.3 Å². The summed E-state index contributed by atoms with van der Waals surface area (Å²) in [5.74, 6) is -0.550. The maximum absolute atomic E-state index is 10.9. The smallest absolute Gasteiger partial charge is 0.347 e. The summed E-state index contributed by atoms with van der Waals surface area (Å²) in [6, 6.07) is 0. The number of carbonyl (C=O) groups excluding carboxylic acids is 1. The minimum absolute atomic E-state index is 0.0750. The van der Waals surface area contributed by atoms with Crippen LogP contribution in [0.15, 0.2) is 12.2 Å². The van der Waals surface area contributed by atoms with E-state index in [1.54, 1.807) is 6.92 Å². The van der Waals surface area contributed by atoms with Crippen LogP contribution in [0.25, 0.3) is 0 Å². The summed E-state index contributed by atoms with van der Waals surface area (Å²) >= 11 is 0. The van der Waals surface area contributed by atoms with E-state index in [4.69, 9.17) is 9.99 Å². The highest BCUT2D eigenvalue weighted by Crippen LogP contribution is 1.98. The van der Waals surface area contributed by atoms with E-state index in [0.29, 0.717) is 23.1 Å². The number of carbonyl (C=O) groups is 1. The van der Waals surface area contributed by atoms with E-state index in [1.165, 1.54) is 0 Å². The van der Waals surface area contributed by atoms with Crippen LogP contribution in [0.1, 0.15) is 13.3 Å². The Hall–Kier alpha value is -0.910. The second kappa shape index (κ2) is 6.55. The highest BCUT2D eigenvalue weighted by Gasteiger charge is 2.12. The van der Waals surface area contributed by atoms with Crippen molar-refractivity contribution in [3.8, 4) is 0 Å². The minimum atomic E-state index is -0.550. The van der Waals surface area contributed by atoms with Crippen LogP contribution in [-0.4, -0.2) is 49.5 Å². The molecule has 15 heavy (non-hydrogen) atoms. The maximum Gasteiger partial charge on any atom is 0.368 e. The van der Waals surface area contributed by atoms with Crippen molar-refractivity contribution in [3.63, 3.8) is 0 Å². The van der Waals surface area contributed by atoms with Crippen molar-refractivity contribution in [2.24, 2.45) is 0 Å². The third-order valence-corrected chi connectivity index (χ3v) is 1.86. The summed E-state index contributed by atoms with van der Waals surface area (Å²) in [7, 11) is 3.81. The molecule has 0 amide bonds. The van der Waals surface area contributed by atoms with Gasteiger partial charge in [-0.2, -0.15) is 4.89 Å². The van der Waals surface area contributed by atoms with Gasteiger partial charge in [-0.3, -0.25) is 4.89 Å². The van der Waals surface area contributed by atoms with E-state index in [1.807, 2.05) is 14.1 Å². The molecule has 0 aliphatic heterocycles. The molecule has 0 saturated carbocycles. The molecule has 0 heterocycles. The summed E-state index contributed by atoms with van der Waals surface area (Å²) in [5, 5.41) is 8.95. The lowest BCUT2D eigenvalue weighted by Gasteiger charge is -2.26. The molecule has 0 bridgehead atoms. The molecule has 0 fully saturated rings. The van der Waals surface area contributed by atoms with Gasteiger partial charge in [0, 0.05) is 12.0 Å². The Kier molecular flexibility index (Phi) is 6.15. The Morgan fingerprint density at radius 1 is 1.47 bits per heavy atom. The van der Waals surface area contributed by atoms with E-state index in [2.05, 4.69) is 11.5 Å². The molecular formula is C10H20NO4+. The van der Waals surface area contributed by atoms with E-state index in [0.717, 1.165) is 6.54 Å². The van der Waals surface area contributed by atoms with Gasteiger partial charge in [0.15, 0.2) is 6.73 Å². The van der Waals surface area contributed by atoms with Gasteiger partial charge in [-0.1, -0.05) is 6.58 Å². The van der Waals surface area contributed by atoms with Crippen molar-refractivity contribution in [1.29, 1.82) is 0 Å². The van der Waals surface area contributed by atoms with Gasteiger partial charge in [-0.05, 0) is 6.92 Å². The SMILES string of the molecule is C=C(C)C(=O)OOCCC[N+](C)(C)CO. The number of aliphatic hydroxyl groups is 1. The normalized spacial score (nSPS) is 11.2. The fourth-order valence-corrected chi connectivity index (χ4v) is 0.789. The number of hydrogen-bond acceptors (Lipinski definition) is 4. The molecule has 0 atom stereocenters. The number of aliphatic hydroxyl groups excluding tert-OH is 1. The van der Waals surface area contributed by atoms with Gasteiger partial charge < -0.3 is 9.59 Å². The summed E-state index contributed by atoms with van der Waals surface area (Å²) in [6.07, 6.45) is 0.705. The van der Waals surface area contributed by atoms with Crippen LogP contribution in [0.5, 0.6) is 0 Å². The van der Waals surface area contributed by atoms with E-state index in [9.17, 15) is 4.79 Å². The zero-order chi connectivity index (χ0) is 11.9. The highest BCUT2D eigenvalue weighted by molar-refractivity contribution is 5.86. The van der Waals surface area contributed by atoms with Crippen LogP contribution in [0.2, 0.25) is 0 Å². The molecule has 88 valence electrons. The van der Waals surface area contributed by atoms with Crippen molar-refractivity contribution >= 4 is 5.97 Å². The topological polar surface area (TPSA) is 55.8 Å². The van der Waals surface area contributed by atoms with Gasteiger partial charge in [0.25, 0.3) is 0 Å². The molecule has 5 heteroatoms. The van der Waals surface area contributed by atoms with Crippen LogP contribution in [0, 0.1) is 0 Å². The second-order valence-corrected chi connectivity index (χ2v) is 4.13. The van der Waals surface area contributed by atoms with Crippen LogP contribution in [0.3, 0.4) is 0 Å². The van der Waals surface area contributed by atoms with Gasteiger partial charge in [-0.15, -0.1) is 0 Å². The summed E-state index contributed by atoms with van der Waals surface area (Å²) < 4.78 is 0.498. The van der Waals surface area contributed by atoms with E-state index in [-0.39, 0.29) is 6.73 Å². The van der Waals surface area contributed by atoms with Crippen molar-refractivity contribution < 1.29 is 24.2 Å². The third kappa shape index (κ3) is 7.07. The van der Waals surface area contributed by atoms with Gasteiger partial charge in [0.2, 0.25) is 0 Å². The number of rotatable bonds is 7. The number of hydrogen-bond donors (Lipinski definition) is 1. The molecule has 0 radical (unpaired) electrons. The van der Waals surface area contributed by atoms with Gasteiger partial charge >= 0.3 is 5.97 Å². The van der Waals surface area contributed by atoms with E-state index < -0.39 is 5.97 Å². The summed E-state index contributed by atoms with van der Waals surface area (Å²) in [4.78, 5) is 20.0. The molecule has 0 saturated heterocycles. The monoisotopic (exact) mass is 218 g/mol. The predicted octanol–water partition coefficient (Wildman–Crippen LogP) is 0.454. The highest BCUT2D eigenvalue weighted by atomic mass is 17.2. The molecule has 0 rings (SSSR count). The van der Waals surface area contributed by atoms with Gasteiger partial charge in [-0.25, -0.2) is 4.79 Å². The maximum atomic E-state index is 10.9. The lowest BCUT2D eigenvalue weighted by molar-refractivity contribution is -0.909. The summed E-state index contributed by atoms with van der Waals surface area (Å²) in [6.45, 7) is 6.12. The molecular weight excluding hydrogens is 198 g/mol. The molecule has 0 aliphatic rings. The molecule has 0 aliphatic carbocycles. The van der Waals surface area contributed by atoms with Crippen LogP contribution in [0.4, 0.5) is 0 Å². The van der Waals surface area contributed by atoms with Gasteiger partial charge in [0.05, 0.1) is 27.2 Å². The predicted molar refractivity (Wildman–Crippen MR) is 55.5 cm³/mol. The third-order valence-electron chi connectivity index (χ3n) is 1.86. The molecule has 0 spiro atoms. The van der Waals surface area contributed by atoms with Crippen LogP contribution >= 0.6 is 0 Å². The Balaban J connectivity index is 3.48. The van der Waals surface area contributed by atoms with Crippen molar-refractivity contribution in [1.82, 2.24) is 0 Å². The minimum Gasteiger partial charge on any atom is -0.347 e. The quantitative estimate of drug-likeness (QED) is 0.168. The zero-order valence-electron chi connectivity index (χ0n) is 9.65. The lowest BCUT2D eigenvalue weighted by atomic mass is 10.4. The molecule has 0 unspecified atom stereocenters. The summed E-state index contributed by atoms with van der Waals surface area (Å²) in [5.41, 5.74) is 0.307. The van der Waals surface area contributed by atoms with Crippen LogP contribution < -0.4 is 0 Å². The second-order valence-electron chi connectivity index (χ2n) is 4.13. The lowest BCUT2D eigenvalue weighted by Crippen LogP contribution is -2.41. The first kappa shape index (κ1) is 14.1. The largest absolute Gasteiger partial charge is 0.368 e. The first-order valence-corrected chi connectivity index (χ1v) is 4.81. The zero-order valence-corrected chi connectivity index (χ0v) is 9.65. The first-order valence-electron chi connectivity index (χ1n) is 4.81. The van der Waals surface area contributed by atoms with E-state index >= 15 is 0 Å². The van der Waals surface area contributed by atoms with Gasteiger partial charge in [0.1, 0.15) is 0 Å². The average molecular weight is 218 g/mol. The van der Waals surface area contributed by atoms with Crippen LogP contribution in [-0.2, 0) is 14.6 Å². The Morgan fingerprint density at radius 2 is 2.07 bits per heavy atom. The Morgan fingerprint density at radius 3 is 2.53 bits per heavy atom. The Labute approximate surface area is 90.4 Å². The van der Waals surface area contributed by atoms with Crippen molar-refractivity contribution in [3.05, 3.63) is 12.2 Å². The van der Waals surface area contributed by atoms with Crippen molar-refractivity contribution in [2.75, 3.05) is 34.0 Å². The first-order chi connectivity index (χ1) is 6.89. The number of quaternary nitrogens is 1. The fourth-order valence-electron chi connectivity index (χ4n) is 0.789. The fraction of sp³-hybridized carbons (Fsp3) is 0.700. The standard InChI is InChI=1S/C10H20NO4/c1-9(2)10(13)15-14-7-5-6-11(3,4)8-12/h12H,1,5-8H2,2-4H3/q+1. The Bertz CT molecular complexity index is 225. The molecule has 1 N–H and O–H groups in total. The molecule has 0 aromatic heterocycles. The molecule has 5 nitrogen and oxygen atoms in total. The molecule has 0 aromatic rings. The molecule has 0 aromatic carbocycles. The average Bonchev–Trinajstić information content (AvgIpc) is 2.16.